The lowest BCUT2D eigenvalue weighted by Gasteiger charge is -2.37. The summed E-state index contributed by atoms with van der Waals surface area (Å²) in [5.41, 5.74) is 0. The average Bonchev–Trinajstić information content (AvgIpc) is 3.15. The fourth-order valence-electron chi connectivity index (χ4n) is 5.54. The third kappa shape index (κ3) is 3.81. The van der Waals surface area contributed by atoms with Gasteiger partial charge in [0.1, 0.15) is 0 Å². The van der Waals surface area contributed by atoms with Crippen molar-refractivity contribution in [3.8, 4) is 0 Å². The quantitative estimate of drug-likeness (QED) is 0.567. The maximum Gasteiger partial charge on any atom is 0.234 e. The van der Waals surface area contributed by atoms with Crippen molar-refractivity contribution in [2.24, 2.45) is 23.7 Å². The largest absolute Gasteiger partial charge is 0.283 e. The Balaban J connectivity index is 1.14. The van der Waals surface area contributed by atoms with Crippen LogP contribution in [0.1, 0.15) is 25.7 Å². The molecule has 4 amide bonds. The van der Waals surface area contributed by atoms with Crippen LogP contribution in [0, 0.1) is 23.7 Å². The first kappa shape index (κ1) is 22.1. The lowest BCUT2D eigenvalue weighted by atomic mass is 9.85. The number of rotatable bonds is 4. The van der Waals surface area contributed by atoms with Crippen LogP contribution < -0.4 is 0 Å². The molecule has 0 N–H and O–H groups in total. The zero-order chi connectivity index (χ0) is 22.6. The highest BCUT2D eigenvalue weighted by Gasteiger charge is 2.50. The van der Waals surface area contributed by atoms with E-state index in [1.165, 1.54) is 9.80 Å². The summed E-state index contributed by atoms with van der Waals surface area (Å²) in [6.07, 6.45) is 5.63. The van der Waals surface area contributed by atoms with Gasteiger partial charge in [-0.1, -0.05) is 35.4 Å². The van der Waals surface area contributed by atoms with Crippen molar-refractivity contribution in [1.29, 1.82) is 0 Å². The van der Waals surface area contributed by atoms with Crippen LogP contribution in [0.5, 0.6) is 0 Å². The molecule has 3 fully saturated rings. The van der Waals surface area contributed by atoms with Crippen LogP contribution in [0.15, 0.2) is 22.2 Å². The Hall–Kier alpha value is -1.74. The number of hydrogen-bond acceptors (Lipinski definition) is 6. The van der Waals surface area contributed by atoms with E-state index in [0.29, 0.717) is 61.9 Å². The maximum atomic E-state index is 12.8. The van der Waals surface area contributed by atoms with Gasteiger partial charge in [-0.25, -0.2) is 0 Å². The van der Waals surface area contributed by atoms with Crippen molar-refractivity contribution >= 4 is 46.8 Å². The van der Waals surface area contributed by atoms with Crippen molar-refractivity contribution in [2.45, 2.75) is 25.7 Å². The van der Waals surface area contributed by atoms with E-state index in [0.717, 1.165) is 0 Å². The van der Waals surface area contributed by atoms with Crippen molar-refractivity contribution < 1.29 is 19.2 Å². The summed E-state index contributed by atoms with van der Waals surface area (Å²) in [4.78, 5) is 57.9. The summed E-state index contributed by atoms with van der Waals surface area (Å²) in [6.45, 7) is 3.19. The summed E-state index contributed by atoms with van der Waals surface area (Å²) >= 11 is 12.2. The molecule has 3 saturated heterocycles. The number of piperazine rings is 1. The molecule has 3 aliphatic heterocycles. The van der Waals surface area contributed by atoms with Gasteiger partial charge in [0.05, 0.1) is 37.0 Å². The van der Waals surface area contributed by atoms with Crippen LogP contribution in [0.2, 0.25) is 0 Å². The summed E-state index contributed by atoms with van der Waals surface area (Å²) < 4.78 is 0. The first-order valence-corrected chi connectivity index (χ1v) is 11.9. The molecule has 5 rings (SSSR count). The Labute approximate surface area is 196 Å². The summed E-state index contributed by atoms with van der Waals surface area (Å²) in [6, 6.07) is 0. The van der Waals surface area contributed by atoms with Crippen molar-refractivity contribution in [3.05, 3.63) is 22.2 Å². The lowest BCUT2D eigenvalue weighted by molar-refractivity contribution is -0.146. The summed E-state index contributed by atoms with van der Waals surface area (Å²) in [5, 5.41) is 1.32. The summed E-state index contributed by atoms with van der Waals surface area (Å²) in [7, 11) is 0. The van der Waals surface area contributed by atoms with E-state index in [-0.39, 0.29) is 60.6 Å². The minimum absolute atomic E-state index is 0.106. The molecule has 0 aromatic heterocycles. The van der Waals surface area contributed by atoms with E-state index in [1.54, 1.807) is 0 Å². The van der Waals surface area contributed by atoms with Gasteiger partial charge < -0.3 is 0 Å². The van der Waals surface area contributed by atoms with Crippen molar-refractivity contribution in [3.63, 3.8) is 0 Å². The Morgan fingerprint density at radius 3 is 1.34 bits per heavy atom. The highest BCUT2D eigenvalue weighted by atomic mass is 35.5. The number of imide groups is 2. The van der Waals surface area contributed by atoms with Gasteiger partial charge in [0.25, 0.3) is 0 Å². The van der Waals surface area contributed by atoms with Gasteiger partial charge in [0.2, 0.25) is 23.6 Å². The molecule has 5 aliphatic rings. The lowest BCUT2D eigenvalue weighted by Crippen LogP contribution is -2.54. The number of likely N-dealkylation sites (tertiary alicyclic amines) is 2. The molecule has 0 aromatic rings. The molecule has 2 aliphatic carbocycles. The minimum atomic E-state index is -0.333. The average molecular weight is 481 g/mol. The predicted octanol–water partition coefficient (Wildman–Crippen LogP) is 1.55. The Kier molecular flexibility index (Phi) is 5.90. The topological polar surface area (TPSA) is 81.2 Å². The van der Waals surface area contributed by atoms with Crippen molar-refractivity contribution in [2.75, 3.05) is 39.5 Å². The van der Waals surface area contributed by atoms with E-state index in [1.807, 2.05) is 12.2 Å². The number of carbonyl (C=O) groups excluding carboxylic acids is 4. The van der Waals surface area contributed by atoms with E-state index in [2.05, 4.69) is 9.80 Å². The smallest absolute Gasteiger partial charge is 0.234 e. The van der Waals surface area contributed by atoms with Gasteiger partial charge >= 0.3 is 0 Å². The minimum Gasteiger partial charge on any atom is -0.283 e. The monoisotopic (exact) mass is 480 g/mol. The first-order chi connectivity index (χ1) is 15.3. The number of allylic oxidation sites excluding steroid dienone is 4. The standard InChI is InChI=1S/C22H26Cl2N4O4/c23-13-1-3-15-17(9-13)21(31)27(19(15)29)11-25-5-7-26(8-6-25)12-28-20(30)16-4-2-14(24)10-18(16)22(28)32/h1-2,15-18H,3-12H2/t15-,16-,17-,18+/m0/s1. The third-order valence-electron chi connectivity index (χ3n) is 7.47. The van der Waals surface area contributed by atoms with Gasteiger partial charge in [0, 0.05) is 36.2 Å². The molecule has 4 atom stereocenters. The molecular formula is C22H26Cl2N4O4. The van der Waals surface area contributed by atoms with Crippen LogP contribution in [0.4, 0.5) is 0 Å². The second-order valence-electron chi connectivity index (χ2n) is 9.34. The fraction of sp³-hybridized carbons (Fsp3) is 0.636. The van der Waals surface area contributed by atoms with Crippen LogP contribution in [-0.4, -0.2) is 82.7 Å². The summed E-state index contributed by atoms with van der Waals surface area (Å²) in [5.74, 6) is -1.71. The fourth-order valence-corrected chi connectivity index (χ4v) is 6.05. The molecule has 0 unspecified atom stereocenters. The van der Waals surface area contributed by atoms with Gasteiger partial charge in [0.15, 0.2) is 0 Å². The van der Waals surface area contributed by atoms with Gasteiger partial charge in [-0.2, -0.15) is 0 Å². The highest BCUT2D eigenvalue weighted by Crippen LogP contribution is 2.40. The Bertz CT molecular complexity index is 853. The SMILES string of the molecule is O=C1[C@H]2CC=C(Cl)C[C@@H]2C(=O)N1CN1CCN(CN2C(=O)[C@H]3CC=C(Cl)C[C@H]3C2=O)CC1. The maximum absolute atomic E-state index is 12.8. The van der Waals surface area contributed by atoms with Gasteiger partial charge in [-0.3, -0.25) is 38.8 Å². The second-order valence-corrected chi connectivity index (χ2v) is 10.3. The molecule has 172 valence electrons. The number of fused-ring (bicyclic) bond motifs is 2. The van der Waals surface area contributed by atoms with Gasteiger partial charge in [-0.15, -0.1) is 0 Å². The molecule has 0 aromatic carbocycles. The zero-order valence-electron chi connectivity index (χ0n) is 17.7. The van der Waals surface area contributed by atoms with Crippen LogP contribution >= 0.6 is 23.2 Å². The molecular weight excluding hydrogens is 455 g/mol. The molecule has 10 heteroatoms. The van der Waals surface area contributed by atoms with Crippen LogP contribution in [-0.2, 0) is 19.2 Å². The molecule has 32 heavy (non-hydrogen) atoms. The Morgan fingerprint density at radius 1 is 0.625 bits per heavy atom. The Morgan fingerprint density at radius 2 is 0.969 bits per heavy atom. The number of hydrogen-bond donors (Lipinski definition) is 0. The molecule has 0 radical (unpaired) electrons. The van der Waals surface area contributed by atoms with E-state index in [9.17, 15) is 19.2 Å². The number of halogens is 2. The molecule has 0 spiro atoms. The second kappa shape index (κ2) is 8.56. The van der Waals surface area contributed by atoms with E-state index >= 15 is 0 Å². The number of nitrogens with zero attached hydrogens (tertiary/aromatic N) is 4. The van der Waals surface area contributed by atoms with E-state index < -0.39 is 0 Å². The zero-order valence-corrected chi connectivity index (χ0v) is 19.2. The number of carbonyl (C=O) groups is 4. The molecule has 8 nitrogen and oxygen atoms in total. The molecule has 0 bridgehead atoms. The third-order valence-corrected chi connectivity index (χ3v) is 8.09. The molecule has 0 saturated carbocycles. The predicted molar refractivity (Wildman–Crippen MR) is 117 cm³/mol. The highest BCUT2D eigenvalue weighted by molar-refractivity contribution is 6.30. The van der Waals surface area contributed by atoms with Crippen LogP contribution in [0.3, 0.4) is 0 Å². The van der Waals surface area contributed by atoms with Crippen LogP contribution in [0.25, 0.3) is 0 Å². The molecule has 3 heterocycles. The van der Waals surface area contributed by atoms with Gasteiger partial charge in [-0.05, 0) is 25.7 Å². The van der Waals surface area contributed by atoms with Crippen molar-refractivity contribution in [1.82, 2.24) is 19.6 Å². The number of amides is 4. The normalized spacial score (nSPS) is 34.1. The van der Waals surface area contributed by atoms with E-state index in [4.69, 9.17) is 23.2 Å². The first-order valence-electron chi connectivity index (χ1n) is 11.2.